The van der Waals surface area contributed by atoms with Crippen molar-refractivity contribution in [1.82, 2.24) is 19.9 Å². The van der Waals surface area contributed by atoms with E-state index in [4.69, 9.17) is 16.3 Å². The van der Waals surface area contributed by atoms with E-state index < -0.39 is 17.9 Å². The fourth-order valence-electron chi connectivity index (χ4n) is 4.02. The van der Waals surface area contributed by atoms with E-state index in [0.717, 1.165) is 0 Å². The number of nitrogens with one attached hydrogen (secondary N) is 2. The molecule has 180 valence electrons. The number of carboxylic acid groups (broad SMARTS) is 1. The number of hydrogen-bond donors (Lipinski definition) is 3. The summed E-state index contributed by atoms with van der Waals surface area (Å²) < 4.78 is 6.89. The van der Waals surface area contributed by atoms with Gasteiger partial charge in [-0.05, 0) is 55.0 Å². The maximum atomic E-state index is 13.4. The first-order valence-corrected chi connectivity index (χ1v) is 11.1. The number of aliphatic carboxylic acids is 1. The zero-order chi connectivity index (χ0) is 25.1. The summed E-state index contributed by atoms with van der Waals surface area (Å²) in [7, 11) is 1.53. The molecule has 0 aliphatic rings. The molecule has 0 radical (unpaired) electrons. The van der Waals surface area contributed by atoms with Crippen LogP contribution < -0.4 is 10.1 Å². The van der Waals surface area contributed by atoms with Crippen LogP contribution in [0.1, 0.15) is 27.3 Å². The van der Waals surface area contributed by atoms with Crippen molar-refractivity contribution in [2.45, 2.75) is 25.8 Å². The smallest absolute Gasteiger partial charge is 0.326 e. The molecule has 1 amide bonds. The third-order valence-corrected chi connectivity index (χ3v) is 6.04. The van der Waals surface area contributed by atoms with E-state index in [1.165, 1.54) is 19.6 Å². The van der Waals surface area contributed by atoms with Crippen molar-refractivity contribution in [2.24, 2.45) is 0 Å². The van der Waals surface area contributed by atoms with Gasteiger partial charge in [-0.1, -0.05) is 11.6 Å². The van der Waals surface area contributed by atoms with Crippen LogP contribution in [-0.2, 0) is 22.4 Å². The van der Waals surface area contributed by atoms with Gasteiger partial charge >= 0.3 is 5.97 Å². The lowest BCUT2D eigenvalue weighted by molar-refractivity contribution is -0.141. The molecule has 2 aromatic carbocycles. The number of aromatic nitrogens is 3. The Morgan fingerprint density at radius 1 is 1.20 bits per heavy atom. The molecule has 2 heterocycles. The highest BCUT2D eigenvalue weighted by molar-refractivity contribution is 6.30. The van der Waals surface area contributed by atoms with Crippen molar-refractivity contribution in [3.05, 3.63) is 82.5 Å². The monoisotopic (exact) mass is 494 g/mol. The number of aromatic amines is 1. The largest absolute Gasteiger partial charge is 0.497 e. The Morgan fingerprint density at radius 3 is 2.57 bits per heavy atom. The molecule has 1 atom stereocenters. The number of carbonyl (C=O) groups is 3. The minimum atomic E-state index is -1.16. The molecule has 2 aromatic heterocycles. The number of amides is 1. The molecule has 0 aliphatic heterocycles. The highest BCUT2D eigenvalue weighted by Crippen LogP contribution is 2.31. The summed E-state index contributed by atoms with van der Waals surface area (Å²) in [5, 5.41) is 13.3. The van der Waals surface area contributed by atoms with Gasteiger partial charge in [0.25, 0.3) is 5.91 Å². The molecule has 35 heavy (non-hydrogen) atoms. The van der Waals surface area contributed by atoms with Crippen molar-refractivity contribution < 1.29 is 24.2 Å². The number of carbonyl (C=O) groups excluding carboxylic acids is 2. The number of H-pyrrole nitrogens is 1. The second-order valence-corrected chi connectivity index (χ2v) is 8.45. The Kier molecular flexibility index (Phi) is 6.88. The second-order valence-electron chi connectivity index (χ2n) is 8.01. The first-order valence-electron chi connectivity index (χ1n) is 10.8. The summed E-state index contributed by atoms with van der Waals surface area (Å²) in [6.45, 7) is 1.75. The first-order chi connectivity index (χ1) is 16.8. The molecule has 10 heteroatoms. The fourth-order valence-corrected chi connectivity index (χ4v) is 4.14. The van der Waals surface area contributed by atoms with Crippen molar-refractivity contribution in [1.29, 1.82) is 0 Å². The molecule has 0 saturated heterocycles. The first kappa shape index (κ1) is 24.0. The van der Waals surface area contributed by atoms with Gasteiger partial charge in [0.2, 0.25) is 5.91 Å². The predicted octanol–water partition coefficient (Wildman–Crippen LogP) is 3.38. The van der Waals surface area contributed by atoms with Crippen molar-refractivity contribution >= 4 is 40.3 Å². The van der Waals surface area contributed by atoms with E-state index in [2.05, 4.69) is 15.3 Å². The summed E-state index contributed by atoms with van der Waals surface area (Å²) in [6, 6.07) is 10.7. The number of rotatable bonds is 8. The third kappa shape index (κ3) is 5.04. The van der Waals surface area contributed by atoms with Crippen molar-refractivity contribution in [2.75, 3.05) is 7.11 Å². The third-order valence-electron chi connectivity index (χ3n) is 5.79. The van der Waals surface area contributed by atoms with Gasteiger partial charge in [-0.25, -0.2) is 9.78 Å². The average Bonchev–Trinajstić information content (AvgIpc) is 3.44. The molecule has 0 unspecified atom stereocenters. The molecular weight excluding hydrogens is 472 g/mol. The molecule has 0 aliphatic carbocycles. The Balaban J connectivity index is 1.69. The zero-order valence-corrected chi connectivity index (χ0v) is 19.8. The zero-order valence-electron chi connectivity index (χ0n) is 19.0. The van der Waals surface area contributed by atoms with Gasteiger partial charge in [-0.15, -0.1) is 0 Å². The summed E-state index contributed by atoms with van der Waals surface area (Å²) in [5.41, 5.74) is 2.81. The van der Waals surface area contributed by atoms with Crippen LogP contribution in [0.5, 0.6) is 5.75 Å². The SMILES string of the molecule is COc1ccc2c(c1)c(CC(=O)N[C@@H](Cc1cnc[nH]1)C(=O)O)c(C)n2C(=O)c1ccc(Cl)cc1. The van der Waals surface area contributed by atoms with Gasteiger partial charge in [-0.3, -0.25) is 14.2 Å². The van der Waals surface area contributed by atoms with Crippen LogP contribution in [0.3, 0.4) is 0 Å². The number of benzene rings is 2. The van der Waals surface area contributed by atoms with E-state index in [-0.39, 0.29) is 18.7 Å². The molecule has 0 spiro atoms. The van der Waals surface area contributed by atoms with Crippen LogP contribution >= 0.6 is 11.6 Å². The van der Waals surface area contributed by atoms with Gasteiger partial charge in [0.15, 0.2) is 0 Å². The van der Waals surface area contributed by atoms with E-state index in [9.17, 15) is 19.5 Å². The van der Waals surface area contributed by atoms with Gasteiger partial charge in [-0.2, -0.15) is 0 Å². The normalized spacial score (nSPS) is 11.9. The molecule has 9 nitrogen and oxygen atoms in total. The van der Waals surface area contributed by atoms with E-state index in [1.807, 2.05) is 0 Å². The standard InChI is InChI=1S/C25H23ClN4O5/c1-14-19(11-23(31)29-21(25(33)34)9-17-12-27-13-28-17)20-10-18(35-2)7-8-22(20)30(14)24(32)15-3-5-16(26)6-4-15/h3-8,10,12-13,21H,9,11H2,1-2H3,(H,27,28)(H,29,31)(H,33,34)/t21-/m0/s1. The Hall–Kier alpha value is -4.11. The number of nitrogens with zero attached hydrogens (tertiary/aromatic N) is 2. The average molecular weight is 495 g/mol. The molecule has 0 bridgehead atoms. The highest BCUT2D eigenvalue weighted by Gasteiger charge is 2.25. The number of fused-ring (bicyclic) bond motifs is 1. The Bertz CT molecular complexity index is 1390. The van der Waals surface area contributed by atoms with Gasteiger partial charge < -0.3 is 20.1 Å². The van der Waals surface area contributed by atoms with E-state index in [0.29, 0.717) is 44.2 Å². The maximum Gasteiger partial charge on any atom is 0.326 e. The summed E-state index contributed by atoms with van der Waals surface area (Å²) >= 11 is 5.97. The minimum absolute atomic E-state index is 0.0602. The molecule has 4 rings (SSSR count). The minimum Gasteiger partial charge on any atom is -0.497 e. The van der Waals surface area contributed by atoms with Crippen LogP contribution in [0.2, 0.25) is 5.02 Å². The number of ether oxygens (including phenoxy) is 1. The second kappa shape index (κ2) is 10.0. The van der Waals surface area contributed by atoms with Crippen LogP contribution in [0.15, 0.2) is 55.0 Å². The number of halogens is 1. The van der Waals surface area contributed by atoms with Crippen LogP contribution in [-0.4, -0.2) is 50.6 Å². The topological polar surface area (TPSA) is 126 Å². The highest BCUT2D eigenvalue weighted by atomic mass is 35.5. The summed E-state index contributed by atoms with van der Waals surface area (Å²) in [5.74, 6) is -1.35. The summed E-state index contributed by atoms with van der Waals surface area (Å²) in [4.78, 5) is 44.8. The fraction of sp³-hybridized carbons (Fsp3) is 0.200. The predicted molar refractivity (Wildman–Crippen MR) is 130 cm³/mol. The van der Waals surface area contributed by atoms with E-state index >= 15 is 0 Å². The number of hydrogen-bond acceptors (Lipinski definition) is 5. The summed E-state index contributed by atoms with van der Waals surface area (Å²) in [6.07, 6.45) is 2.89. The molecular formula is C25H23ClN4O5. The lowest BCUT2D eigenvalue weighted by atomic mass is 10.1. The molecule has 0 saturated carbocycles. The van der Waals surface area contributed by atoms with E-state index in [1.54, 1.807) is 54.0 Å². The number of methoxy groups -OCH3 is 1. The molecule has 0 fully saturated rings. The van der Waals surface area contributed by atoms with Crippen molar-refractivity contribution in [3.8, 4) is 5.75 Å². The molecule has 4 aromatic rings. The Labute approximate surface area is 205 Å². The van der Waals surface area contributed by atoms with Crippen LogP contribution in [0, 0.1) is 6.92 Å². The lowest BCUT2D eigenvalue weighted by Gasteiger charge is -2.14. The van der Waals surface area contributed by atoms with Gasteiger partial charge in [0.1, 0.15) is 11.8 Å². The Morgan fingerprint density at radius 2 is 1.94 bits per heavy atom. The van der Waals surface area contributed by atoms with Crippen LogP contribution in [0.4, 0.5) is 0 Å². The quantitative estimate of drug-likeness (QED) is 0.344. The number of carboxylic acids is 1. The lowest BCUT2D eigenvalue weighted by Crippen LogP contribution is -2.43. The molecule has 3 N–H and O–H groups in total. The van der Waals surface area contributed by atoms with Crippen LogP contribution in [0.25, 0.3) is 10.9 Å². The maximum absolute atomic E-state index is 13.4. The van der Waals surface area contributed by atoms with Gasteiger partial charge in [0, 0.05) is 40.0 Å². The van der Waals surface area contributed by atoms with Gasteiger partial charge in [0.05, 0.1) is 25.4 Å². The number of imidazole rings is 1. The van der Waals surface area contributed by atoms with Crippen molar-refractivity contribution in [3.63, 3.8) is 0 Å².